The van der Waals surface area contributed by atoms with Crippen LogP contribution in [0.15, 0.2) is 12.2 Å². The summed E-state index contributed by atoms with van der Waals surface area (Å²) in [5.74, 6) is -0.390. The van der Waals surface area contributed by atoms with E-state index in [9.17, 15) is 4.79 Å². The highest BCUT2D eigenvalue weighted by molar-refractivity contribution is 5.87. The van der Waals surface area contributed by atoms with Crippen molar-refractivity contribution in [3.63, 3.8) is 0 Å². The zero-order valence-electron chi connectivity index (χ0n) is 13.0. The molecule has 0 saturated carbocycles. The van der Waals surface area contributed by atoms with Gasteiger partial charge in [-0.15, -0.1) is 0 Å². The van der Waals surface area contributed by atoms with Crippen LogP contribution in [0.1, 0.15) is 39.5 Å². The second-order valence-electron chi connectivity index (χ2n) is 4.41. The molecule has 0 aromatic rings. The van der Waals surface area contributed by atoms with E-state index in [1.165, 1.54) is 0 Å². The van der Waals surface area contributed by atoms with Crippen molar-refractivity contribution in [1.82, 2.24) is 0 Å². The van der Waals surface area contributed by atoms with Crippen LogP contribution in [-0.4, -0.2) is 45.8 Å². The van der Waals surface area contributed by atoms with Gasteiger partial charge in [-0.2, -0.15) is 0 Å². The molecule has 0 heterocycles. The Bertz CT molecular complexity index is 265. The second-order valence-corrected chi connectivity index (χ2v) is 4.41. The zero-order valence-corrected chi connectivity index (χ0v) is 13.0. The summed E-state index contributed by atoms with van der Waals surface area (Å²) in [6, 6.07) is 0. The van der Waals surface area contributed by atoms with Crippen molar-refractivity contribution in [2.75, 3.05) is 33.5 Å². The van der Waals surface area contributed by atoms with Crippen LogP contribution in [0.25, 0.3) is 0 Å². The Hall–Kier alpha value is -0.910. The fourth-order valence-electron chi connectivity index (χ4n) is 1.51. The van der Waals surface area contributed by atoms with E-state index in [0.717, 1.165) is 25.7 Å². The summed E-state index contributed by atoms with van der Waals surface area (Å²) >= 11 is 0. The first-order chi connectivity index (χ1) is 9.65. The average Bonchev–Trinajstić information content (AvgIpc) is 2.45. The Morgan fingerprint density at radius 2 is 1.90 bits per heavy atom. The van der Waals surface area contributed by atoms with Gasteiger partial charge in [0.2, 0.25) is 0 Å². The molecule has 0 amide bonds. The van der Waals surface area contributed by atoms with E-state index in [0.29, 0.717) is 25.4 Å². The Morgan fingerprint density at radius 3 is 2.50 bits per heavy atom. The predicted octanol–water partition coefficient (Wildman–Crippen LogP) is 2.69. The molecule has 0 spiro atoms. The maximum Gasteiger partial charge on any atom is 0.335 e. The van der Waals surface area contributed by atoms with Gasteiger partial charge in [0.05, 0.1) is 18.8 Å². The Labute approximate surface area is 122 Å². The first-order valence-corrected chi connectivity index (χ1v) is 7.22. The molecule has 5 nitrogen and oxygen atoms in total. The third-order valence-corrected chi connectivity index (χ3v) is 2.61. The van der Waals surface area contributed by atoms with Crippen LogP contribution in [0.5, 0.6) is 0 Å². The largest absolute Gasteiger partial charge is 0.463 e. The van der Waals surface area contributed by atoms with Crippen LogP contribution >= 0.6 is 0 Å². The molecule has 0 fully saturated rings. The number of hydrogen-bond donors (Lipinski definition) is 0. The molecule has 0 radical (unpaired) electrons. The molecule has 20 heavy (non-hydrogen) atoms. The minimum atomic E-state index is -0.390. The van der Waals surface area contributed by atoms with Crippen LogP contribution in [0.4, 0.5) is 0 Å². The van der Waals surface area contributed by atoms with Gasteiger partial charge in [-0.05, 0) is 26.2 Å². The fourth-order valence-corrected chi connectivity index (χ4v) is 1.51. The number of ether oxygens (including phenoxy) is 4. The Morgan fingerprint density at radius 1 is 1.20 bits per heavy atom. The monoisotopic (exact) mass is 288 g/mol. The van der Waals surface area contributed by atoms with Gasteiger partial charge in [0.25, 0.3) is 0 Å². The number of hydrogen-bond acceptors (Lipinski definition) is 5. The summed E-state index contributed by atoms with van der Waals surface area (Å²) in [4.78, 5) is 11.2. The molecule has 0 aliphatic heterocycles. The molecular weight excluding hydrogens is 260 g/mol. The average molecular weight is 288 g/mol. The lowest BCUT2D eigenvalue weighted by atomic mass is 10.3. The summed E-state index contributed by atoms with van der Waals surface area (Å²) < 4.78 is 20.9. The summed E-state index contributed by atoms with van der Waals surface area (Å²) in [6.07, 6.45) is 3.61. The minimum Gasteiger partial charge on any atom is -0.463 e. The first kappa shape index (κ1) is 19.1. The molecule has 0 bridgehead atoms. The van der Waals surface area contributed by atoms with Crippen LogP contribution in [0, 0.1) is 0 Å². The van der Waals surface area contributed by atoms with Crippen LogP contribution in [-0.2, 0) is 23.7 Å². The van der Waals surface area contributed by atoms with E-state index in [1.54, 1.807) is 14.0 Å². The number of unbranched alkanes of at least 4 members (excludes halogenated alkanes) is 1. The lowest BCUT2D eigenvalue weighted by Crippen LogP contribution is -2.16. The molecule has 0 N–H and O–H groups in total. The highest BCUT2D eigenvalue weighted by Crippen LogP contribution is 2.04. The van der Waals surface area contributed by atoms with Gasteiger partial charge in [-0.3, -0.25) is 0 Å². The van der Waals surface area contributed by atoms with E-state index in [-0.39, 0.29) is 12.9 Å². The first-order valence-electron chi connectivity index (χ1n) is 7.22. The third kappa shape index (κ3) is 9.95. The summed E-state index contributed by atoms with van der Waals surface area (Å²) in [6.45, 7) is 9.28. The molecule has 0 rings (SSSR count). The standard InChI is InChI=1S/C15H28O5/c1-5-9-14(17-4)20-11-8-7-10-18-12-13(3)15(16)19-6-2/h14H,3,5-12H2,1-2,4H3. The zero-order chi connectivity index (χ0) is 15.2. The molecule has 0 aliphatic carbocycles. The Balaban J connectivity index is 3.44. The lowest BCUT2D eigenvalue weighted by Gasteiger charge is -2.15. The predicted molar refractivity (Wildman–Crippen MR) is 77.5 cm³/mol. The summed E-state index contributed by atoms with van der Waals surface area (Å²) in [5, 5.41) is 0. The van der Waals surface area contributed by atoms with Gasteiger partial charge < -0.3 is 18.9 Å². The highest BCUT2D eigenvalue weighted by Gasteiger charge is 2.07. The topological polar surface area (TPSA) is 54.0 Å². The second kappa shape index (κ2) is 13.1. The maximum atomic E-state index is 11.2. The molecule has 5 heteroatoms. The van der Waals surface area contributed by atoms with Crippen molar-refractivity contribution in [3.05, 3.63) is 12.2 Å². The van der Waals surface area contributed by atoms with E-state index in [2.05, 4.69) is 13.5 Å². The smallest absolute Gasteiger partial charge is 0.335 e. The number of esters is 1. The maximum absolute atomic E-state index is 11.2. The van der Waals surface area contributed by atoms with Gasteiger partial charge in [0.15, 0.2) is 6.29 Å². The highest BCUT2D eigenvalue weighted by atomic mass is 16.7. The normalized spacial score (nSPS) is 12.2. The van der Waals surface area contributed by atoms with Crippen LogP contribution < -0.4 is 0 Å². The quantitative estimate of drug-likeness (QED) is 0.226. The number of methoxy groups -OCH3 is 1. The summed E-state index contributed by atoms with van der Waals surface area (Å²) in [5.41, 5.74) is 0.352. The van der Waals surface area contributed by atoms with E-state index >= 15 is 0 Å². The molecule has 1 atom stereocenters. The van der Waals surface area contributed by atoms with Crippen LogP contribution in [0.3, 0.4) is 0 Å². The van der Waals surface area contributed by atoms with Gasteiger partial charge in [0, 0.05) is 20.3 Å². The van der Waals surface area contributed by atoms with E-state index < -0.39 is 5.97 Å². The van der Waals surface area contributed by atoms with Crippen molar-refractivity contribution >= 4 is 5.97 Å². The SMILES string of the molecule is C=C(COCCCCOC(CCC)OC)C(=O)OCC. The molecule has 0 aromatic carbocycles. The minimum absolute atomic E-state index is 0.107. The molecule has 118 valence electrons. The Kier molecular flexibility index (Phi) is 12.5. The summed E-state index contributed by atoms with van der Waals surface area (Å²) in [7, 11) is 1.66. The van der Waals surface area contributed by atoms with Gasteiger partial charge in [0.1, 0.15) is 0 Å². The van der Waals surface area contributed by atoms with Crippen LogP contribution in [0.2, 0.25) is 0 Å². The van der Waals surface area contributed by atoms with Crippen molar-refractivity contribution < 1.29 is 23.7 Å². The van der Waals surface area contributed by atoms with Crippen molar-refractivity contribution in [2.24, 2.45) is 0 Å². The van der Waals surface area contributed by atoms with Gasteiger partial charge >= 0.3 is 5.97 Å². The van der Waals surface area contributed by atoms with Crippen molar-refractivity contribution in [1.29, 1.82) is 0 Å². The number of rotatable bonds is 13. The number of carbonyl (C=O) groups excluding carboxylic acids is 1. The molecule has 1 unspecified atom stereocenters. The van der Waals surface area contributed by atoms with E-state index in [1.807, 2.05) is 0 Å². The van der Waals surface area contributed by atoms with Gasteiger partial charge in [-0.25, -0.2) is 4.79 Å². The molecule has 0 aromatic heterocycles. The third-order valence-electron chi connectivity index (χ3n) is 2.61. The molecule has 0 saturated heterocycles. The van der Waals surface area contributed by atoms with Crippen molar-refractivity contribution in [3.8, 4) is 0 Å². The lowest BCUT2D eigenvalue weighted by molar-refractivity contribution is -0.139. The van der Waals surface area contributed by atoms with Crippen molar-refractivity contribution in [2.45, 2.75) is 45.8 Å². The fraction of sp³-hybridized carbons (Fsp3) is 0.800. The molecule has 0 aliphatic rings. The van der Waals surface area contributed by atoms with Gasteiger partial charge in [-0.1, -0.05) is 19.9 Å². The molecular formula is C15H28O5. The van der Waals surface area contributed by atoms with E-state index in [4.69, 9.17) is 18.9 Å². The number of carbonyl (C=O) groups is 1.